The van der Waals surface area contributed by atoms with Gasteiger partial charge in [0.1, 0.15) is 10.8 Å². The van der Waals surface area contributed by atoms with Crippen molar-refractivity contribution in [3.63, 3.8) is 0 Å². The van der Waals surface area contributed by atoms with Crippen LogP contribution in [0.4, 0.5) is 9.39 Å². The number of fused-ring (bicyclic) bond motifs is 1. The first-order valence-electron chi connectivity index (χ1n) is 7.46. The lowest BCUT2D eigenvalue weighted by Gasteiger charge is -2.10. The molecule has 0 bridgehead atoms. The molecule has 1 aromatic carbocycles. The maximum atomic E-state index is 12.9. The third kappa shape index (κ3) is 3.42. The third-order valence-electron chi connectivity index (χ3n) is 3.92. The summed E-state index contributed by atoms with van der Waals surface area (Å²) >= 11 is 1.36. The maximum Gasteiger partial charge on any atom is 0.339 e. The lowest BCUT2D eigenvalue weighted by molar-refractivity contribution is -0.115. The van der Waals surface area contributed by atoms with Crippen molar-refractivity contribution in [1.82, 2.24) is 0 Å². The number of hydrogen-bond donors (Lipinski definition) is 2. The first kappa shape index (κ1) is 15.7. The van der Waals surface area contributed by atoms with Gasteiger partial charge in [0.05, 0.1) is 12.0 Å². The van der Waals surface area contributed by atoms with E-state index in [1.807, 2.05) is 0 Å². The minimum atomic E-state index is -0.999. The van der Waals surface area contributed by atoms with E-state index in [0.717, 1.165) is 36.1 Å². The SMILES string of the molecule is O=C(Cc1ccc(F)cc1)Nc1sc2c(c1C(=O)O)CCCC2. The molecule has 0 fully saturated rings. The molecule has 1 aliphatic carbocycles. The third-order valence-corrected chi connectivity index (χ3v) is 5.12. The van der Waals surface area contributed by atoms with E-state index in [4.69, 9.17) is 0 Å². The summed E-state index contributed by atoms with van der Waals surface area (Å²) in [6.07, 6.45) is 3.74. The van der Waals surface area contributed by atoms with Crippen molar-refractivity contribution in [2.75, 3.05) is 5.32 Å². The summed E-state index contributed by atoms with van der Waals surface area (Å²) in [5, 5.41) is 12.6. The van der Waals surface area contributed by atoms with Crippen molar-refractivity contribution < 1.29 is 19.1 Å². The van der Waals surface area contributed by atoms with Gasteiger partial charge in [-0.3, -0.25) is 4.79 Å². The Morgan fingerprint density at radius 3 is 2.57 bits per heavy atom. The van der Waals surface area contributed by atoms with Crippen LogP contribution in [0.3, 0.4) is 0 Å². The van der Waals surface area contributed by atoms with Crippen LogP contribution in [-0.4, -0.2) is 17.0 Å². The fourth-order valence-electron chi connectivity index (χ4n) is 2.84. The maximum absolute atomic E-state index is 12.9. The Labute approximate surface area is 137 Å². The molecule has 0 radical (unpaired) electrons. The van der Waals surface area contributed by atoms with E-state index in [9.17, 15) is 19.1 Å². The molecule has 0 atom stereocenters. The molecule has 1 aliphatic rings. The number of thiophene rings is 1. The number of anilines is 1. The van der Waals surface area contributed by atoms with Crippen molar-refractivity contribution >= 4 is 28.2 Å². The van der Waals surface area contributed by atoms with E-state index in [1.165, 1.54) is 23.5 Å². The minimum absolute atomic E-state index is 0.0852. The fraction of sp³-hybridized carbons (Fsp3) is 0.294. The number of carboxylic acid groups (broad SMARTS) is 1. The van der Waals surface area contributed by atoms with Crippen molar-refractivity contribution in [2.24, 2.45) is 0 Å². The van der Waals surface area contributed by atoms with Gasteiger partial charge in [-0.25, -0.2) is 9.18 Å². The van der Waals surface area contributed by atoms with Crippen molar-refractivity contribution in [2.45, 2.75) is 32.1 Å². The zero-order chi connectivity index (χ0) is 16.4. The Morgan fingerprint density at radius 1 is 1.17 bits per heavy atom. The van der Waals surface area contributed by atoms with Gasteiger partial charge >= 0.3 is 5.97 Å². The Hall–Kier alpha value is -2.21. The molecule has 0 unspecified atom stereocenters. The number of aromatic carboxylic acids is 1. The van der Waals surface area contributed by atoms with E-state index in [-0.39, 0.29) is 23.7 Å². The number of halogens is 1. The molecule has 0 aliphatic heterocycles. The molecule has 2 aromatic rings. The number of amides is 1. The second-order valence-corrected chi connectivity index (χ2v) is 6.68. The highest BCUT2D eigenvalue weighted by Crippen LogP contribution is 2.38. The molecule has 0 saturated carbocycles. The second-order valence-electron chi connectivity index (χ2n) is 5.57. The van der Waals surface area contributed by atoms with E-state index in [0.29, 0.717) is 10.6 Å². The predicted octanol–water partition coefficient (Wildman–Crippen LogP) is 3.65. The zero-order valence-electron chi connectivity index (χ0n) is 12.4. The fourth-order valence-corrected chi connectivity index (χ4v) is 4.14. The molecule has 1 aromatic heterocycles. The first-order chi connectivity index (χ1) is 11.0. The molecular weight excluding hydrogens is 317 g/mol. The number of benzene rings is 1. The van der Waals surface area contributed by atoms with E-state index in [1.54, 1.807) is 12.1 Å². The highest BCUT2D eigenvalue weighted by atomic mass is 32.1. The molecule has 0 saturated heterocycles. The standard InChI is InChI=1S/C17H16FNO3S/c18-11-7-5-10(6-8-11)9-14(20)19-16-15(17(21)22)12-3-1-2-4-13(12)23-16/h5-8H,1-4,9H2,(H,19,20)(H,21,22). The van der Waals surface area contributed by atoms with Gasteiger partial charge in [0, 0.05) is 4.88 Å². The van der Waals surface area contributed by atoms with Crippen LogP contribution in [0, 0.1) is 5.82 Å². The molecule has 120 valence electrons. The normalized spacial score (nSPS) is 13.4. The Morgan fingerprint density at radius 2 is 1.87 bits per heavy atom. The zero-order valence-corrected chi connectivity index (χ0v) is 13.2. The monoisotopic (exact) mass is 333 g/mol. The lowest BCUT2D eigenvalue weighted by Crippen LogP contribution is -2.16. The highest BCUT2D eigenvalue weighted by molar-refractivity contribution is 7.17. The van der Waals surface area contributed by atoms with Crippen molar-refractivity contribution in [3.8, 4) is 0 Å². The van der Waals surface area contributed by atoms with Crippen molar-refractivity contribution in [3.05, 3.63) is 51.7 Å². The van der Waals surface area contributed by atoms with Gasteiger partial charge in [0.25, 0.3) is 0 Å². The molecule has 1 heterocycles. The topological polar surface area (TPSA) is 66.4 Å². The van der Waals surface area contributed by atoms with Gasteiger partial charge in [0.15, 0.2) is 0 Å². The Kier molecular flexibility index (Phi) is 4.43. The number of rotatable bonds is 4. The highest BCUT2D eigenvalue weighted by Gasteiger charge is 2.25. The van der Waals surface area contributed by atoms with Gasteiger partial charge in [-0.05, 0) is 48.9 Å². The summed E-state index contributed by atoms with van der Waals surface area (Å²) in [5.41, 5.74) is 1.78. The van der Waals surface area contributed by atoms with Crippen molar-refractivity contribution in [1.29, 1.82) is 0 Å². The van der Waals surface area contributed by atoms with Crippen LogP contribution >= 0.6 is 11.3 Å². The van der Waals surface area contributed by atoms with Gasteiger partial charge in [-0.15, -0.1) is 11.3 Å². The van der Waals surface area contributed by atoms with Crippen LogP contribution < -0.4 is 5.32 Å². The van der Waals surface area contributed by atoms with Crippen LogP contribution in [-0.2, 0) is 24.1 Å². The molecule has 0 spiro atoms. The van der Waals surface area contributed by atoms with Crippen LogP contribution in [0.2, 0.25) is 0 Å². The summed E-state index contributed by atoms with van der Waals surface area (Å²) in [4.78, 5) is 24.8. The van der Waals surface area contributed by atoms with Gasteiger partial charge < -0.3 is 10.4 Å². The molecular formula is C17H16FNO3S. The molecule has 2 N–H and O–H groups in total. The summed E-state index contributed by atoms with van der Waals surface area (Å²) < 4.78 is 12.9. The number of hydrogen-bond acceptors (Lipinski definition) is 3. The number of carbonyl (C=O) groups is 2. The quantitative estimate of drug-likeness (QED) is 0.897. The van der Waals surface area contributed by atoms with Crippen LogP contribution in [0.25, 0.3) is 0 Å². The molecule has 23 heavy (non-hydrogen) atoms. The van der Waals surface area contributed by atoms with Gasteiger partial charge in [-0.2, -0.15) is 0 Å². The Bertz CT molecular complexity index is 752. The van der Waals surface area contributed by atoms with E-state index >= 15 is 0 Å². The average molecular weight is 333 g/mol. The van der Waals surface area contributed by atoms with Gasteiger partial charge in [0.2, 0.25) is 5.91 Å². The number of aryl methyl sites for hydroxylation is 1. The average Bonchev–Trinajstić information content (AvgIpc) is 2.87. The van der Waals surface area contributed by atoms with Crippen LogP contribution in [0.15, 0.2) is 24.3 Å². The molecule has 4 nitrogen and oxygen atoms in total. The summed E-state index contributed by atoms with van der Waals surface area (Å²) in [6.45, 7) is 0. The second kappa shape index (κ2) is 6.50. The number of nitrogens with one attached hydrogen (secondary N) is 1. The number of carboxylic acids is 1. The Balaban J connectivity index is 1.79. The predicted molar refractivity (Wildman–Crippen MR) is 86.7 cm³/mol. The smallest absolute Gasteiger partial charge is 0.339 e. The first-order valence-corrected chi connectivity index (χ1v) is 8.28. The lowest BCUT2D eigenvalue weighted by atomic mass is 9.95. The number of carbonyl (C=O) groups excluding carboxylic acids is 1. The molecule has 3 rings (SSSR count). The van der Waals surface area contributed by atoms with E-state index < -0.39 is 5.97 Å². The van der Waals surface area contributed by atoms with Crippen LogP contribution in [0.5, 0.6) is 0 Å². The van der Waals surface area contributed by atoms with Crippen LogP contribution in [0.1, 0.15) is 39.2 Å². The summed E-state index contributed by atoms with van der Waals surface area (Å²) in [7, 11) is 0. The summed E-state index contributed by atoms with van der Waals surface area (Å²) in [5.74, 6) is -1.65. The van der Waals surface area contributed by atoms with E-state index in [2.05, 4.69) is 5.32 Å². The van der Waals surface area contributed by atoms with Gasteiger partial charge in [-0.1, -0.05) is 12.1 Å². The minimum Gasteiger partial charge on any atom is -0.478 e. The molecule has 1 amide bonds. The summed E-state index contributed by atoms with van der Waals surface area (Å²) in [6, 6.07) is 5.70. The largest absolute Gasteiger partial charge is 0.478 e. The molecule has 6 heteroatoms.